The largest absolute Gasteiger partial charge is 0.336 e. The van der Waals surface area contributed by atoms with Gasteiger partial charge in [0.25, 0.3) is 0 Å². The standard InChI is InChI=1S/C12H15N3O2/c1-2-11(16)14-9-4-3-5-10(8-9)15-7-6-13-12(15)17/h3-5,8H,2,6-7H2,1H3,(H,13,17)(H,14,16). The van der Waals surface area contributed by atoms with E-state index in [0.717, 1.165) is 5.69 Å². The average molecular weight is 233 g/mol. The Morgan fingerprint density at radius 2 is 2.35 bits per heavy atom. The smallest absolute Gasteiger partial charge is 0.321 e. The van der Waals surface area contributed by atoms with Gasteiger partial charge in [-0.05, 0) is 18.2 Å². The Morgan fingerprint density at radius 3 is 3.00 bits per heavy atom. The third-order valence-electron chi connectivity index (χ3n) is 2.62. The van der Waals surface area contributed by atoms with Gasteiger partial charge in [-0.3, -0.25) is 9.69 Å². The predicted molar refractivity (Wildman–Crippen MR) is 66.1 cm³/mol. The van der Waals surface area contributed by atoms with Crippen molar-refractivity contribution in [3.8, 4) is 0 Å². The molecular formula is C12H15N3O2. The number of carbonyl (C=O) groups excluding carboxylic acids is 2. The van der Waals surface area contributed by atoms with Crippen LogP contribution in [0.25, 0.3) is 0 Å². The maximum atomic E-state index is 11.5. The molecule has 0 unspecified atom stereocenters. The predicted octanol–water partition coefficient (Wildman–Crippen LogP) is 1.56. The molecule has 0 bridgehead atoms. The molecule has 3 amide bonds. The molecule has 1 aliphatic heterocycles. The van der Waals surface area contributed by atoms with E-state index in [2.05, 4.69) is 10.6 Å². The highest BCUT2D eigenvalue weighted by Gasteiger charge is 2.21. The van der Waals surface area contributed by atoms with Gasteiger partial charge in [-0.15, -0.1) is 0 Å². The van der Waals surface area contributed by atoms with Crippen LogP contribution in [0.5, 0.6) is 0 Å². The van der Waals surface area contributed by atoms with E-state index in [-0.39, 0.29) is 11.9 Å². The van der Waals surface area contributed by atoms with Gasteiger partial charge in [0.1, 0.15) is 0 Å². The average Bonchev–Trinajstić information content (AvgIpc) is 2.75. The molecular weight excluding hydrogens is 218 g/mol. The van der Waals surface area contributed by atoms with Gasteiger partial charge in [-0.2, -0.15) is 0 Å². The molecule has 0 atom stereocenters. The Balaban J connectivity index is 2.16. The van der Waals surface area contributed by atoms with E-state index in [1.54, 1.807) is 17.9 Å². The quantitative estimate of drug-likeness (QED) is 0.832. The third kappa shape index (κ3) is 2.55. The second-order valence-corrected chi connectivity index (χ2v) is 3.84. The lowest BCUT2D eigenvalue weighted by Crippen LogP contribution is -2.27. The highest BCUT2D eigenvalue weighted by Crippen LogP contribution is 2.20. The first-order valence-corrected chi connectivity index (χ1v) is 5.66. The highest BCUT2D eigenvalue weighted by molar-refractivity contribution is 5.96. The lowest BCUT2D eigenvalue weighted by molar-refractivity contribution is -0.115. The van der Waals surface area contributed by atoms with E-state index in [1.165, 1.54) is 0 Å². The molecule has 0 aliphatic carbocycles. The van der Waals surface area contributed by atoms with Crippen LogP contribution in [0.15, 0.2) is 24.3 Å². The van der Waals surface area contributed by atoms with Crippen molar-refractivity contribution in [1.29, 1.82) is 0 Å². The Labute approximate surface area is 99.8 Å². The fourth-order valence-electron chi connectivity index (χ4n) is 1.72. The Morgan fingerprint density at radius 1 is 1.53 bits per heavy atom. The summed E-state index contributed by atoms with van der Waals surface area (Å²) in [4.78, 5) is 24.4. The molecule has 1 saturated heterocycles. The van der Waals surface area contributed by atoms with E-state index in [0.29, 0.717) is 25.2 Å². The molecule has 2 N–H and O–H groups in total. The molecule has 1 aliphatic rings. The molecule has 0 saturated carbocycles. The number of urea groups is 1. The van der Waals surface area contributed by atoms with E-state index < -0.39 is 0 Å². The van der Waals surface area contributed by atoms with Gasteiger partial charge in [0.15, 0.2) is 0 Å². The summed E-state index contributed by atoms with van der Waals surface area (Å²) in [6.45, 7) is 3.11. The lowest BCUT2D eigenvalue weighted by Gasteiger charge is -2.15. The molecule has 1 aromatic rings. The van der Waals surface area contributed by atoms with Crippen molar-refractivity contribution in [3.63, 3.8) is 0 Å². The van der Waals surface area contributed by atoms with Crippen LogP contribution in [-0.2, 0) is 4.79 Å². The first-order valence-electron chi connectivity index (χ1n) is 5.66. The summed E-state index contributed by atoms with van der Waals surface area (Å²) in [6.07, 6.45) is 0.439. The second kappa shape index (κ2) is 4.86. The minimum absolute atomic E-state index is 0.0342. The highest BCUT2D eigenvalue weighted by atomic mass is 16.2. The molecule has 1 fully saturated rings. The molecule has 2 rings (SSSR count). The maximum absolute atomic E-state index is 11.5. The van der Waals surface area contributed by atoms with Crippen LogP contribution in [-0.4, -0.2) is 25.0 Å². The normalized spacial score (nSPS) is 14.6. The van der Waals surface area contributed by atoms with Gasteiger partial charge >= 0.3 is 6.03 Å². The van der Waals surface area contributed by atoms with Crippen LogP contribution < -0.4 is 15.5 Å². The van der Waals surface area contributed by atoms with Crippen LogP contribution in [0.1, 0.15) is 13.3 Å². The Kier molecular flexibility index (Phi) is 3.27. The topological polar surface area (TPSA) is 61.4 Å². The van der Waals surface area contributed by atoms with E-state index in [4.69, 9.17) is 0 Å². The van der Waals surface area contributed by atoms with Crippen LogP contribution >= 0.6 is 0 Å². The molecule has 17 heavy (non-hydrogen) atoms. The molecule has 0 aromatic heterocycles. The SMILES string of the molecule is CCC(=O)Nc1cccc(N2CCNC2=O)c1. The number of anilines is 2. The summed E-state index contributed by atoms with van der Waals surface area (Å²) in [5, 5.41) is 5.51. The molecule has 5 heteroatoms. The number of rotatable bonds is 3. The number of amides is 3. The molecule has 1 heterocycles. The van der Waals surface area contributed by atoms with Crippen molar-refractivity contribution in [1.82, 2.24) is 5.32 Å². The van der Waals surface area contributed by atoms with Crippen molar-refractivity contribution in [2.45, 2.75) is 13.3 Å². The van der Waals surface area contributed by atoms with Gasteiger partial charge in [-0.1, -0.05) is 13.0 Å². The van der Waals surface area contributed by atoms with Crippen LogP contribution in [0.3, 0.4) is 0 Å². The van der Waals surface area contributed by atoms with Gasteiger partial charge in [0, 0.05) is 30.9 Å². The van der Waals surface area contributed by atoms with E-state index in [9.17, 15) is 9.59 Å². The molecule has 5 nitrogen and oxygen atoms in total. The van der Waals surface area contributed by atoms with Crippen LogP contribution in [0.4, 0.5) is 16.2 Å². The second-order valence-electron chi connectivity index (χ2n) is 3.84. The number of nitrogens with zero attached hydrogens (tertiary/aromatic N) is 1. The zero-order valence-electron chi connectivity index (χ0n) is 9.69. The van der Waals surface area contributed by atoms with Gasteiger partial charge in [0.05, 0.1) is 0 Å². The summed E-state index contributed by atoms with van der Waals surface area (Å²) in [6, 6.07) is 7.20. The summed E-state index contributed by atoms with van der Waals surface area (Å²) >= 11 is 0. The molecule has 0 radical (unpaired) electrons. The Hall–Kier alpha value is -2.04. The molecule has 1 aromatic carbocycles. The minimum atomic E-state index is -0.0935. The summed E-state index contributed by atoms with van der Waals surface area (Å²) < 4.78 is 0. The van der Waals surface area contributed by atoms with Crippen LogP contribution in [0.2, 0.25) is 0 Å². The van der Waals surface area contributed by atoms with Crippen LogP contribution in [0, 0.1) is 0 Å². The first-order chi connectivity index (χ1) is 8.20. The zero-order chi connectivity index (χ0) is 12.3. The van der Waals surface area contributed by atoms with E-state index in [1.807, 2.05) is 18.2 Å². The number of hydrogen-bond acceptors (Lipinski definition) is 2. The van der Waals surface area contributed by atoms with Gasteiger partial charge in [-0.25, -0.2) is 4.79 Å². The van der Waals surface area contributed by atoms with E-state index >= 15 is 0 Å². The molecule has 90 valence electrons. The first kappa shape index (κ1) is 11.4. The van der Waals surface area contributed by atoms with Crippen molar-refractivity contribution in [2.75, 3.05) is 23.3 Å². The number of nitrogens with one attached hydrogen (secondary N) is 2. The number of benzene rings is 1. The van der Waals surface area contributed by atoms with Crippen molar-refractivity contribution in [2.24, 2.45) is 0 Å². The van der Waals surface area contributed by atoms with Crippen molar-refractivity contribution in [3.05, 3.63) is 24.3 Å². The summed E-state index contributed by atoms with van der Waals surface area (Å²) in [7, 11) is 0. The van der Waals surface area contributed by atoms with Gasteiger partial charge in [0.2, 0.25) is 5.91 Å². The van der Waals surface area contributed by atoms with Gasteiger partial charge < -0.3 is 10.6 Å². The zero-order valence-corrected chi connectivity index (χ0v) is 9.69. The Bertz CT molecular complexity index is 445. The minimum Gasteiger partial charge on any atom is -0.336 e. The van der Waals surface area contributed by atoms with Crippen molar-refractivity contribution < 1.29 is 9.59 Å². The summed E-state index contributed by atoms with van der Waals surface area (Å²) in [5.74, 6) is -0.0342. The third-order valence-corrected chi connectivity index (χ3v) is 2.62. The number of carbonyl (C=O) groups is 2. The fraction of sp³-hybridized carbons (Fsp3) is 0.333. The molecule has 0 spiro atoms. The monoisotopic (exact) mass is 233 g/mol. The lowest BCUT2D eigenvalue weighted by atomic mass is 10.2. The maximum Gasteiger partial charge on any atom is 0.321 e. The summed E-state index contributed by atoms with van der Waals surface area (Å²) in [5.41, 5.74) is 1.52. The van der Waals surface area contributed by atoms with Crippen molar-refractivity contribution >= 4 is 23.3 Å². The number of hydrogen-bond donors (Lipinski definition) is 2. The fourth-order valence-corrected chi connectivity index (χ4v) is 1.72.